The summed E-state index contributed by atoms with van der Waals surface area (Å²) in [6.07, 6.45) is 7.95. The van der Waals surface area contributed by atoms with E-state index in [0.717, 1.165) is 16.9 Å². The van der Waals surface area contributed by atoms with Gasteiger partial charge in [0.15, 0.2) is 5.37 Å². The van der Waals surface area contributed by atoms with E-state index < -0.39 is 11.2 Å². The molecule has 0 saturated carbocycles. The predicted molar refractivity (Wildman–Crippen MR) is 77.7 cm³/mol. The van der Waals surface area contributed by atoms with E-state index in [1.54, 1.807) is 18.6 Å². The Labute approximate surface area is 124 Å². The van der Waals surface area contributed by atoms with Crippen molar-refractivity contribution in [3.8, 4) is 0 Å². The van der Waals surface area contributed by atoms with Crippen LogP contribution in [0.15, 0.2) is 18.7 Å². The van der Waals surface area contributed by atoms with E-state index in [1.807, 2.05) is 0 Å². The third-order valence-corrected chi connectivity index (χ3v) is 4.83. The molecule has 1 fully saturated rings. The Morgan fingerprint density at radius 3 is 2.95 bits per heavy atom. The normalized spacial score (nSPS) is 28.4. The fourth-order valence-electron chi connectivity index (χ4n) is 2.38. The Balaban J connectivity index is 1.89. The van der Waals surface area contributed by atoms with Crippen molar-refractivity contribution in [2.75, 3.05) is 6.26 Å². The van der Waals surface area contributed by atoms with Gasteiger partial charge in [0, 0.05) is 12.3 Å². The van der Waals surface area contributed by atoms with E-state index in [-0.39, 0.29) is 16.8 Å². The van der Waals surface area contributed by atoms with Gasteiger partial charge in [0.25, 0.3) is 0 Å². The number of aromatic nitrogens is 4. The van der Waals surface area contributed by atoms with Gasteiger partial charge < -0.3 is 4.55 Å². The summed E-state index contributed by atoms with van der Waals surface area (Å²) in [7, 11) is 0. The van der Waals surface area contributed by atoms with Crippen molar-refractivity contribution in [1.82, 2.24) is 25.3 Å². The highest BCUT2D eigenvalue weighted by molar-refractivity contribution is 7.91. The van der Waals surface area contributed by atoms with Crippen molar-refractivity contribution < 1.29 is 4.55 Å². The first-order valence-electron chi connectivity index (χ1n) is 6.28. The maximum atomic E-state index is 11.7. The molecule has 0 spiro atoms. The van der Waals surface area contributed by atoms with Crippen LogP contribution in [0, 0.1) is 0 Å². The minimum atomic E-state index is -0.970. The van der Waals surface area contributed by atoms with Crippen LogP contribution in [0.5, 0.6) is 0 Å². The van der Waals surface area contributed by atoms with E-state index in [9.17, 15) is 4.55 Å². The average Bonchev–Trinajstić information content (AvgIpc) is 2.46. The highest BCUT2D eigenvalue weighted by Crippen LogP contribution is 2.31. The van der Waals surface area contributed by atoms with E-state index >= 15 is 0 Å². The molecular weight excluding hydrogens is 298 g/mol. The molecule has 0 aliphatic carbocycles. The van der Waals surface area contributed by atoms with Crippen molar-refractivity contribution in [2.45, 2.75) is 29.6 Å². The maximum Gasteiger partial charge on any atom is 0.168 e. The van der Waals surface area contributed by atoms with Crippen LogP contribution in [-0.4, -0.2) is 41.6 Å². The Morgan fingerprint density at radius 1 is 1.30 bits per heavy atom. The molecule has 4 atom stereocenters. The fraction of sp³-hybridized carbons (Fsp3) is 0.500. The summed E-state index contributed by atoms with van der Waals surface area (Å²) >= 11 is 5.22. The van der Waals surface area contributed by atoms with E-state index in [1.165, 1.54) is 6.33 Å². The molecule has 2 aromatic rings. The van der Waals surface area contributed by atoms with Crippen LogP contribution in [-0.2, 0) is 11.2 Å². The molecule has 6 nitrogen and oxygen atoms in total. The maximum absolute atomic E-state index is 11.7. The molecule has 8 heteroatoms. The standard InChI is InChI=1S/C12H14ClN5OS/c1-20(19)11-3-7(2-10(13)18-11)12-15-5-8-9(17-12)4-14-6-16-8/h4-7,10-11,18H,2-3H2,1H3. The molecule has 106 valence electrons. The van der Waals surface area contributed by atoms with Gasteiger partial charge in [-0.05, 0) is 17.6 Å². The SMILES string of the molecule is C[S+]([O-])C1CC(c2ncc3ncncc3n2)CC(Cl)N1. The molecule has 4 unspecified atom stereocenters. The minimum Gasteiger partial charge on any atom is -0.615 e. The van der Waals surface area contributed by atoms with E-state index in [2.05, 4.69) is 25.3 Å². The second-order valence-electron chi connectivity index (χ2n) is 4.81. The summed E-state index contributed by atoms with van der Waals surface area (Å²) in [6.45, 7) is 0. The van der Waals surface area contributed by atoms with Crippen LogP contribution < -0.4 is 5.32 Å². The summed E-state index contributed by atoms with van der Waals surface area (Å²) < 4.78 is 11.7. The first-order valence-corrected chi connectivity index (χ1v) is 8.34. The van der Waals surface area contributed by atoms with Crippen LogP contribution >= 0.6 is 11.6 Å². The zero-order valence-corrected chi connectivity index (χ0v) is 12.4. The summed E-state index contributed by atoms with van der Waals surface area (Å²) in [5, 5.41) is 3.02. The Bertz CT molecular complexity index is 613. The third-order valence-electron chi connectivity index (χ3n) is 3.40. The van der Waals surface area contributed by atoms with Crippen LogP contribution in [0.3, 0.4) is 0 Å². The van der Waals surface area contributed by atoms with Crippen LogP contribution in [0.4, 0.5) is 0 Å². The molecule has 0 aromatic carbocycles. The van der Waals surface area contributed by atoms with Gasteiger partial charge in [0.05, 0.1) is 24.2 Å². The molecule has 2 aromatic heterocycles. The van der Waals surface area contributed by atoms with Gasteiger partial charge in [0.1, 0.15) is 23.2 Å². The second-order valence-corrected chi connectivity index (χ2v) is 6.90. The lowest BCUT2D eigenvalue weighted by molar-refractivity contribution is 0.384. The van der Waals surface area contributed by atoms with Gasteiger partial charge in [-0.25, -0.2) is 19.9 Å². The van der Waals surface area contributed by atoms with Crippen molar-refractivity contribution in [2.24, 2.45) is 0 Å². The Kier molecular flexibility index (Phi) is 4.02. The number of nitrogens with zero attached hydrogens (tertiary/aromatic N) is 4. The highest BCUT2D eigenvalue weighted by atomic mass is 35.5. The van der Waals surface area contributed by atoms with E-state index in [4.69, 9.17) is 11.6 Å². The summed E-state index contributed by atoms with van der Waals surface area (Å²) in [4.78, 5) is 16.9. The summed E-state index contributed by atoms with van der Waals surface area (Å²) in [5.74, 6) is 0.812. The number of fused-ring (bicyclic) bond motifs is 1. The lowest BCUT2D eigenvalue weighted by atomic mass is 9.97. The number of halogens is 1. The molecule has 1 N–H and O–H groups in total. The smallest absolute Gasteiger partial charge is 0.168 e. The number of piperidine rings is 1. The molecule has 3 heterocycles. The number of alkyl halides is 1. The number of rotatable bonds is 2. The number of nitrogens with one attached hydrogen (secondary N) is 1. The molecule has 0 radical (unpaired) electrons. The zero-order chi connectivity index (χ0) is 14.1. The van der Waals surface area contributed by atoms with Gasteiger partial charge in [-0.3, -0.25) is 5.32 Å². The van der Waals surface area contributed by atoms with Crippen molar-refractivity contribution >= 4 is 33.8 Å². The lowest BCUT2D eigenvalue weighted by Gasteiger charge is -2.32. The zero-order valence-electron chi connectivity index (χ0n) is 10.9. The van der Waals surface area contributed by atoms with Crippen molar-refractivity contribution in [3.63, 3.8) is 0 Å². The summed E-state index contributed by atoms with van der Waals surface area (Å²) in [5.41, 5.74) is 1.22. The lowest BCUT2D eigenvalue weighted by Crippen LogP contribution is -2.46. The molecule has 1 aliphatic rings. The quantitative estimate of drug-likeness (QED) is 0.509. The van der Waals surface area contributed by atoms with Crippen molar-refractivity contribution in [3.05, 3.63) is 24.5 Å². The van der Waals surface area contributed by atoms with Gasteiger partial charge in [-0.15, -0.1) is 11.6 Å². The molecule has 3 rings (SSSR count). The topological polar surface area (TPSA) is 86.7 Å². The Morgan fingerprint density at radius 2 is 2.15 bits per heavy atom. The van der Waals surface area contributed by atoms with Gasteiger partial charge in [0.2, 0.25) is 0 Å². The monoisotopic (exact) mass is 311 g/mol. The molecular formula is C12H14ClN5OS. The predicted octanol–water partition coefficient (Wildman–Crippen LogP) is 1.16. The van der Waals surface area contributed by atoms with Gasteiger partial charge in [-0.2, -0.15) is 0 Å². The van der Waals surface area contributed by atoms with Gasteiger partial charge in [-0.1, -0.05) is 0 Å². The van der Waals surface area contributed by atoms with Gasteiger partial charge >= 0.3 is 0 Å². The summed E-state index contributed by atoms with van der Waals surface area (Å²) in [6, 6.07) is 0. The molecule has 20 heavy (non-hydrogen) atoms. The highest BCUT2D eigenvalue weighted by Gasteiger charge is 2.34. The number of hydrogen-bond donors (Lipinski definition) is 1. The fourth-order valence-corrected chi connectivity index (χ4v) is 3.68. The molecule has 1 aliphatic heterocycles. The first-order chi connectivity index (χ1) is 9.63. The molecule has 0 bridgehead atoms. The third kappa shape index (κ3) is 2.85. The van der Waals surface area contributed by atoms with Crippen LogP contribution in [0.25, 0.3) is 11.0 Å². The van der Waals surface area contributed by atoms with Crippen molar-refractivity contribution in [1.29, 1.82) is 0 Å². The molecule has 0 amide bonds. The minimum absolute atomic E-state index is 0.0947. The average molecular weight is 312 g/mol. The second kappa shape index (κ2) is 5.77. The largest absolute Gasteiger partial charge is 0.615 e. The first kappa shape index (κ1) is 13.9. The Hall–Kier alpha value is -1.02. The number of hydrogen-bond acceptors (Lipinski definition) is 6. The van der Waals surface area contributed by atoms with Crippen LogP contribution in [0.1, 0.15) is 24.6 Å². The molecule has 1 saturated heterocycles. The van der Waals surface area contributed by atoms with E-state index in [0.29, 0.717) is 12.8 Å². The van der Waals surface area contributed by atoms with Crippen LogP contribution in [0.2, 0.25) is 0 Å².